The topological polar surface area (TPSA) is 47.3 Å². The number of nitrogens with two attached hydrogens (primary N) is 1. The third kappa shape index (κ3) is 3.09. The molecule has 0 bridgehead atoms. The first-order chi connectivity index (χ1) is 9.97. The largest absolute Gasteiger partial charge is 0.496 e. The molecule has 3 nitrogen and oxygen atoms in total. The van der Waals surface area contributed by atoms with Crippen molar-refractivity contribution in [3.8, 4) is 5.75 Å². The Morgan fingerprint density at radius 2 is 1.67 bits per heavy atom. The fraction of sp³-hybridized carbons (Fsp3) is 0.333. The number of hydrogen-bond donors (Lipinski definition) is 2. The average molecular weight is 284 g/mol. The normalized spacial score (nSPS) is 12.3. The Bertz CT molecular complexity index is 650. The molecule has 1 unspecified atom stereocenters. The molecule has 1 atom stereocenters. The maximum atomic E-state index is 5.88. The van der Waals surface area contributed by atoms with Gasteiger partial charge in [0.25, 0.3) is 0 Å². The number of benzene rings is 2. The second-order valence-corrected chi connectivity index (χ2v) is 5.66. The van der Waals surface area contributed by atoms with Gasteiger partial charge in [-0.2, -0.15) is 0 Å². The minimum atomic E-state index is -0.0829. The standard InChI is InChI=1S/C18H24N2O/c1-11-6-7-13(3)15(9-11)18(20-19)17-14(4)8-12(2)10-16(17)21-5/h6-10,18,20H,19H2,1-5H3. The van der Waals surface area contributed by atoms with Crippen molar-refractivity contribution in [2.24, 2.45) is 5.84 Å². The molecule has 21 heavy (non-hydrogen) atoms. The van der Waals surface area contributed by atoms with Gasteiger partial charge in [0.2, 0.25) is 0 Å². The summed E-state index contributed by atoms with van der Waals surface area (Å²) in [6.45, 7) is 8.37. The van der Waals surface area contributed by atoms with E-state index in [4.69, 9.17) is 10.6 Å². The number of ether oxygens (including phenoxy) is 1. The van der Waals surface area contributed by atoms with Crippen LogP contribution in [0.15, 0.2) is 30.3 Å². The summed E-state index contributed by atoms with van der Waals surface area (Å²) in [6.07, 6.45) is 0. The van der Waals surface area contributed by atoms with E-state index in [0.29, 0.717) is 0 Å². The Morgan fingerprint density at radius 3 is 2.29 bits per heavy atom. The molecule has 0 amide bonds. The van der Waals surface area contributed by atoms with Gasteiger partial charge < -0.3 is 4.74 Å². The number of rotatable bonds is 4. The molecule has 0 heterocycles. The third-order valence-electron chi connectivity index (χ3n) is 3.91. The van der Waals surface area contributed by atoms with Crippen molar-refractivity contribution in [2.45, 2.75) is 33.7 Å². The number of nitrogens with one attached hydrogen (secondary N) is 1. The van der Waals surface area contributed by atoms with E-state index in [9.17, 15) is 0 Å². The maximum Gasteiger partial charge on any atom is 0.124 e. The van der Waals surface area contributed by atoms with E-state index in [-0.39, 0.29) is 6.04 Å². The van der Waals surface area contributed by atoms with E-state index in [2.05, 4.69) is 63.5 Å². The molecular weight excluding hydrogens is 260 g/mol. The van der Waals surface area contributed by atoms with Crippen molar-refractivity contribution in [3.63, 3.8) is 0 Å². The SMILES string of the molecule is COc1cc(C)cc(C)c1C(NN)c1cc(C)ccc1C. The molecule has 0 saturated heterocycles. The van der Waals surface area contributed by atoms with E-state index in [0.717, 1.165) is 11.3 Å². The van der Waals surface area contributed by atoms with Crippen LogP contribution in [0.3, 0.4) is 0 Å². The van der Waals surface area contributed by atoms with Crippen molar-refractivity contribution < 1.29 is 4.74 Å². The first-order valence-electron chi connectivity index (χ1n) is 7.16. The van der Waals surface area contributed by atoms with Crippen LogP contribution in [0.5, 0.6) is 5.75 Å². The highest BCUT2D eigenvalue weighted by Crippen LogP contribution is 2.35. The van der Waals surface area contributed by atoms with Crippen LogP contribution in [0.4, 0.5) is 0 Å². The van der Waals surface area contributed by atoms with Crippen LogP contribution in [0.25, 0.3) is 0 Å². The molecule has 0 fully saturated rings. The average Bonchev–Trinajstić information content (AvgIpc) is 2.44. The third-order valence-corrected chi connectivity index (χ3v) is 3.91. The number of aryl methyl sites for hydroxylation is 4. The predicted molar refractivity (Wildman–Crippen MR) is 87.6 cm³/mol. The molecule has 112 valence electrons. The Morgan fingerprint density at radius 1 is 0.952 bits per heavy atom. The molecule has 3 N–H and O–H groups in total. The van der Waals surface area contributed by atoms with Crippen LogP contribution in [0.1, 0.15) is 39.4 Å². The lowest BCUT2D eigenvalue weighted by Gasteiger charge is -2.24. The lowest BCUT2D eigenvalue weighted by atomic mass is 9.90. The summed E-state index contributed by atoms with van der Waals surface area (Å²) < 4.78 is 5.59. The Balaban J connectivity index is 2.64. The maximum absolute atomic E-state index is 5.88. The number of hydrazine groups is 1. The van der Waals surface area contributed by atoms with Gasteiger partial charge in [0.05, 0.1) is 13.2 Å². The molecule has 0 saturated carbocycles. The lowest BCUT2D eigenvalue weighted by molar-refractivity contribution is 0.403. The fourth-order valence-electron chi connectivity index (χ4n) is 2.88. The van der Waals surface area contributed by atoms with Crippen LogP contribution in [-0.2, 0) is 0 Å². The Kier molecular flexibility index (Phi) is 4.66. The molecular formula is C18H24N2O. The zero-order valence-corrected chi connectivity index (χ0v) is 13.4. The minimum absolute atomic E-state index is 0.0829. The predicted octanol–water partition coefficient (Wildman–Crippen LogP) is 3.48. The van der Waals surface area contributed by atoms with Crippen molar-refractivity contribution in [1.29, 1.82) is 0 Å². The van der Waals surface area contributed by atoms with E-state index in [1.807, 2.05) is 0 Å². The van der Waals surface area contributed by atoms with Gasteiger partial charge in [-0.3, -0.25) is 5.84 Å². The molecule has 0 aliphatic heterocycles. The fourth-order valence-corrected chi connectivity index (χ4v) is 2.88. The van der Waals surface area contributed by atoms with E-state index >= 15 is 0 Å². The van der Waals surface area contributed by atoms with Gasteiger partial charge in [-0.25, -0.2) is 5.43 Å². The summed E-state index contributed by atoms with van der Waals surface area (Å²) in [5, 5.41) is 0. The number of hydrogen-bond acceptors (Lipinski definition) is 3. The first-order valence-corrected chi connectivity index (χ1v) is 7.16. The highest BCUT2D eigenvalue weighted by Gasteiger charge is 2.21. The molecule has 3 heteroatoms. The molecule has 2 rings (SSSR count). The van der Waals surface area contributed by atoms with Gasteiger partial charge in [0.15, 0.2) is 0 Å². The van der Waals surface area contributed by atoms with Gasteiger partial charge in [0, 0.05) is 5.56 Å². The van der Waals surface area contributed by atoms with Crippen molar-refractivity contribution in [3.05, 3.63) is 63.7 Å². The van der Waals surface area contributed by atoms with E-state index in [1.165, 1.54) is 27.8 Å². The summed E-state index contributed by atoms with van der Waals surface area (Å²) in [7, 11) is 1.70. The quantitative estimate of drug-likeness (QED) is 0.667. The van der Waals surface area contributed by atoms with Crippen LogP contribution < -0.4 is 16.0 Å². The minimum Gasteiger partial charge on any atom is -0.496 e. The van der Waals surface area contributed by atoms with Gasteiger partial charge in [-0.15, -0.1) is 0 Å². The van der Waals surface area contributed by atoms with Gasteiger partial charge in [0.1, 0.15) is 5.75 Å². The van der Waals surface area contributed by atoms with E-state index < -0.39 is 0 Å². The van der Waals surface area contributed by atoms with Crippen molar-refractivity contribution >= 4 is 0 Å². The van der Waals surface area contributed by atoms with Crippen LogP contribution >= 0.6 is 0 Å². The van der Waals surface area contributed by atoms with Crippen LogP contribution in [0.2, 0.25) is 0 Å². The van der Waals surface area contributed by atoms with Crippen molar-refractivity contribution in [1.82, 2.24) is 5.43 Å². The number of methoxy groups -OCH3 is 1. The smallest absolute Gasteiger partial charge is 0.124 e. The Labute approximate surface area is 127 Å². The second kappa shape index (κ2) is 6.29. The van der Waals surface area contributed by atoms with Gasteiger partial charge >= 0.3 is 0 Å². The highest BCUT2D eigenvalue weighted by molar-refractivity contribution is 5.50. The molecule has 0 aromatic heterocycles. The molecule has 0 spiro atoms. The summed E-state index contributed by atoms with van der Waals surface area (Å²) in [5.41, 5.74) is 10.0. The lowest BCUT2D eigenvalue weighted by Crippen LogP contribution is -2.30. The summed E-state index contributed by atoms with van der Waals surface area (Å²) in [4.78, 5) is 0. The summed E-state index contributed by atoms with van der Waals surface area (Å²) in [6, 6.07) is 10.6. The Hall–Kier alpha value is -1.84. The zero-order valence-electron chi connectivity index (χ0n) is 13.4. The van der Waals surface area contributed by atoms with Gasteiger partial charge in [-0.1, -0.05) is 29.8 Å². The molecule has 0 aliphatic carbocycles. The van der Waals surface area contributed by atoms with Crippen LogP contribution in [0, 0.1) is 27.7 Å². The van der Waals surface area contributed by atoms with Gasteiger partial charge in [-0.05, 0) is 56.0 Å². The first kappa shape index (κ1) is 15.5. The zero-order chi connectivity index (χ0) is 15.6. The molecule has 0 aliphatic rings. The van der Waals surface area contributed by atoms with E-state index in [1.54, 1.807) is 7.11 Å². The molecule has 2 aromatic carbocycles. The second-order valence-electron chi connectivity index (χ2n) is 5.66. The molecule has 0 radical (unpaired) electrons. The highest BCUT2D eigenvalue weighted by atomic mass is 16.5. The van der Waals surface area contributed by atoms with Crippen molar-refractivity contribution in [2.75, 3.05) is 7.11 Å². The van der Waals surface area contributed by atoms with Crippen LogP contribution in [-0.4, -0.2) is 7.11 Å². The molecule has 2 aromatic rings. The summed E-state index contributed by atoms with van der Waals surface area (Å²) >= 11 is 0. The summed E-state index contributed by atoms with van der Waals surface area (Å²) in [5.74, 6) is 6.75. The monoisotopic (exact) mass is 284 g/mol.